The molecule has 0 fully saturated rings. The summed E-state index contributed by atoms with van der Waals surface area (Å²) in [6, 6.07) is 14.7. The van der Waals surface area contributed by atoms with Crippen molar-refractivity contribution in [3.63, 3.8) is 0 Å². The van der Waals surface area contributed by atoms with Crippen molar-refractivity contribution in [2.45, 2.75) is 56.9 Å². The van der Waals surface area contributed by atoms with E-state index >= 15 is 0 Å². The van der Waals surface area contributed by atoms with Gasteiger partial charge < -0.3 is 10.2 Å². The molecule has 2 amide bonds. The molecule has 0 bridgehead atoms. The highest BCUT2D eigenvalue weighted by Crippen LogP contribution is 2.33. The first-order valence-electron chi connectivity index (χ1n) is 12.8. The number of halogens is 4. The summed E-state index contributed by atoms with van der Waals surface area (Å²) in [6.45, 7) is 3.68. The van der Waals surface area contributed by atoms with E-state index in [-0.39, 0.29) is 23.0 Å². The molecule has 0 saturated carbocycles. The highest BCUT2D eigenvalue weighted by atomic mass is 32.2. The molecule has 12 heteroatoms. The normalized spacial score (nSPS) is 13.2. The van der Waals surface area contributed by atoms with Gasteiger partial charge in [0.15, 0.2) is 0 Å². The Bertz CT molecular complexity index is 1470. The molecule has 0 unspecified atom stereocenters. The zero-order valence-corrected chi connectivity index (χ0v) is 23.5. The fourth-order valence-corrected chi connectivity index (χ4v) is 5.37. The van der Waals surface area contributed by atoms with Gasteiger partial charge in [-0.3, -0.25) is 13.9 Å². The first kappa shape index (κ1) is 31.6. The predicted octanol–water partition coefficient (Wildman–Crippen LogP) is 5.37. The molecule has 0 saturated heterocycles. The third-order valence-electron chi connectivity index (χ3n) is 6.54. The number of nitrogens with zero attached hydrogens (tertiary/aromatic N) is 2. The average Bonchev–Trinajstić information content (AvgIpc) is 2.94. The first-order valence-corrected chi connectivity index (χ1v) is 14.3. The summed E-state index contributed by atoms with van der Waals surface area (Å²) in [7, 11) is -4.55. The minimum atomic E-state index is -4.78. The molecule has 220 valence electrons. The van der Waals surface area contributed by atoms with E-state index < -0.39 is 57.7 Å². The van der Waals surface area contributed by atoms with Crippen molar-refractivity contribution >= 4 is 27.5 Å². The van der Waals surface area contributed by atoms with Crippen molar-refractivity contribution in [2.75, 3.05) is 10.8 Å². The Kier molecular flexibility index (Phi) is 10.1. The second-order valence-corrected chi connectivity index (χ2v) is 11.3. The summed E-state index contributed by atoms with van der Waals surface area (Å²) in [5.41, 5.74) is -1.44. The molecule has 0 radical (unpaired) electrons. The van der Waals surface area contributed by atoms with Gasteiger partial charge in [0.2, 0.25) is 11.8 Å². The molecule has 7 nitrogen and oxygen atoms in total. The number of benzene rings is 3. The number of rotatable bonds is 11. The number of hydrogen-bond acceptors (Lipinski definition) is 4. The Balaban J connectivity index is 2.08. The van der Waals surface area contributed by atoms with Crippen LogP contribution in [0.2, 0.25) is 0 Å². The summed E-state index contributed by atoms with van der Waals surface area (Å²) in [6.07, 6.45) is -4.18. The van der Waals surface area contributed by atoms with Gasteiger partial charge in [0.25, 0.3) is 10.0 Å². The van der Waals surface area contributed by atoms with Gasteiger partial charge >= 0.3 is 6.18 Å². The minimum Gasteiger partial charge on any atom is -0.352 e. The summed E-state index contributed by atoms with van der Waals surface area (Å²) >= 11 is 0. The molecule has 0 aliphatic carbocycles. The highest BCUT2D eigenvalue weighted by Gasteiger charge is 2.35. The lowest BCUT2D eigenvalue weighted by molar-refractivity contribution is -0.139. The van der Waals surface area contributed by atoms with Crippen LogP contribution in [0, 0.1) is 5.82 Å². The summed E-state index contributed by atoms with van der Waals surface area (Å²) in [4.78, 5) is 27.6. The largest absolute Gasteiger partial charge is 0.416 e. The van der Waals surface area contributed by atoms with Crippen LogP contribution in [-0.2, 0) is 32.3 Å². The van der Waals surface area contributed by atoms with Crippen molar-refractivity contribution in [2.24, 2.45) is 0 Å². The Labute approximate surface area is 236 Å². The number of carbonyl (C=O) groups is 2. The van der Waals surface area contributed by atoms with Crippen molar-refractivity contribution in [3.05, 3.63) is 95.8 Å². The van der Waals surface area contributed by atoms with E-state index in [1.165, 1.54) is 49.4 Å². The minimum absolute atomic E-state index is 0.0700. The summed E-state index contributed by atoms with van der Waals surface area (Å²) in [5.74, 6) is -2.12. The molecule has 0 aliphatic heterocycles. The fourth-order valence-electron chi connectivity index (χ4n) is 3.94. The predicted molar refractivity (Wildman–Crippen MR) is 147 cm³/mol. The SMILES string of the molecule is CC[C@H](C)NC(=O)[C@H](C)N(Cc1ccccc1F)C(=O)CN(c1cccc(C(F)(F)F)c1)S(=O)(=O)c1ccccc1. The van der Waals surface area contributed by atoms with E-state index in [4.69, 9.17) is 0 Å². The van der Waals surface area contributed by atoms with Crippen molar-refractivity contribution in [3.8, 4) is 0 Å². The maximum atomic E-state index is 14.6. The molecule has 1 N–H and O–H groups in total. The van der Waals surface area contributed by atoms with Crippen molar-refractivity contribution < 1.29 is 35.6 Å². The molecular weight excluding hydrogens is 562 g/mol. The topological polar surface area (TPSA) is 86.8 Å². The maximum absolute atomic E-state index is 14.6. The molecule has 3 aromatic carbocycles. The number of anilines is 1. The highest BCUT2D eigenvalue weighted by molar-refractivity contribution is 7.92. The van der Waals surface area contributed by atoms with Gasteiger partial charge in [-0.15, -0.1) is 0 Å². The number of hydrogen-bond donors (Lipinski definition) is 1. The van der Waals surface area contributed by atoms with E-state index in [0.29, 0.717) is 16.8 Å². The van der Waals surface area contributed by atoms with E-state index in [9.17, 15) is 35.6 Å². The monoisotopic (exact) mass is 593 g/mol. The van der Waals surface area contributed by atoms with Crippen LogP contribution in [0.1, 0.15) is 38.3 Å². The second-order valence-electron chi connectivity index (χ2n) is 9.48. The molecule has 3 aromatic rings. The average molecular weight is 594 g/mol. The van der Waals surface area contributed by atoms with Crippen LogP contribution >= 0.6 is 0 Å². The van der Waals surface area contributed by atoms with E-state index in [2.05, 4.69) is 5.32 Å². The third kappa shape index (κ3) is 7.84. The molecule has 2 atom stereocenters. The van der Waals surface area contributed by atoms with E-state index in [1.54, 1.807) is 19.1 Å². The lowest BCUT2D eigenvalue weighted by Crippen LogP contribution is -2.52. The molecular formula is C29H31F4N3O4S. The zero-order valence-electron chi connectivity index (χ0n) is 22.7. The van der Waals surface area contributed by atoms with Crippen LogP contribution in [0.3, 0.4) is 0 Å². The van der Waals surface area contributed by atoms with Crippen LogP contribution in [0.15, 0.2) is 83.8 Å². The van der Waals surface area contributed by atoms with Crippen molar-refractivity contribution in [1.82, 2.24) is 10.2 Å². The van der Waals surface area contributed by atoms with Gasteiger partial charge in [-0.05, 0) is 56.7 Å². The van der Waals surface area contributed by atoms with Crippen LogP contribution in [0.4, 0.5) is 23.2 Å². The number of carbonyl (C=O) groups excluding carboxylic acids is 2. The Hall–Kier alpha value is -3.93. The molecule has 3 rings (SSSR count). The first-order chi connectivity index (χ1) is 19.3. The molecule has 0 aromatic heterocycles. The number of nitrogens with one attached hydrogen (secondary N) is 1. The molecule has 41 heavy (non-hydrogen) atoms. The summed E-state index contributed by atoms with van der Waals surface area (Å²) in [5, 5.41) is 2.75. The van der Waals surface area contributed by atoms with Crippen LogP contribution in [0.25, 0.3) is 0 Å². The number of alkyl halides is 3. The second kappa shape index (κ2) is 13.2. The van der Waals surface area contributed by atoms with E-state index in [1.807, 2.05) is 6.92 Å². The lowest BCUT2D eigenvalue weighted by atomic mass is 10.1. The fraction of sp³-hybridized carbons (Fsp3) is 0.310. The van der Waals surface area contributed by atoms with Crippen molar-refractivity contribution in [1.29, 1.82) is 0 Å². The zero-order chi connectivity index (χ0) is 30.4. The maximum Gasteiger partial charge on any atom is 0.416 e. The van der Waals surface area contributed by atoms with E-state index in [0.717, 1.165) is 23.1 Å². The number of sulfonamides is 1. The third-order valence-corrected chi connectivity index (χ3v) is 8.33. The van der Waals surface area contributed by atoms with Gasteiger partial charge in [0, 0.05) is 18.2 Å². The Morgan fingerprint density at radius 2 is 1.56 bits per heavy atom. The van der Waals surface area contributed by atoms with Gasteiger partial charge in [0.1, 0.15) is 18.4 Å². The Morgan fingerprint density at radius 1 is 0.927 bits per heavy atom. The molecule has 0 heterocycles. The van der Waals surface area contributed by atoms with Gasteiger partial charge in [-0.1, -0.05) is 49.4 Å². The molecule has 0 aliphatic rings. The number of amides is 2. The van der Waals surface area contributed by atoms with Crippen LogP contribution < -0.4 is 9.62 Å². The summed E-state index contributed by atoms with van der Waals surface area (Å²) < 4.78 is 83.1. The standard InChI is InChI=1S/C29H31F4N3O4S/c1-4-20(2)34-28(38)21(3)35(18-22-11-8-9-16-26(22)30)27(37)19-36(41(39,40)25-14-6-5-7-15-25)24-13-10-12-23(17-24)29(31,32)33/h5-17,20-21H,4,18-19H2,1-3H3,(H,34,38)/t20-,21-/m0/s1. The lowest BCUT2D eigenvalue weighted by Gasteiger charge is -2.32. The quantitative estimate of drug-likeness (QED) is 0.303. The Morgan fingerprint density at radius 3 is 2.17 bits per heavy atom. The molecule has 0 spiro atoms. The van der Waals surface area contributed by atoms with Crippen LogP contribution in [-0.4, -0.2) is 43.8 Å². The van der Waals surface area contributed by atoms with Gasteiger partial charge in [-0.2, -0.15) is 13.2 Å². The van der Waals surface area contributed by atoms with Gasteiger partial charge in [-0.25, -0.2) is 12.8 Å². The van der Waals surface area contributed by atoms with Gasteiger partial charge in [0.05, 0.1) is 16.1 Å². The smallest absolute Gasteiger partial charge is 0.352 e. The van der Waals surface area contributed by atoms with Crippen LogP contribution in [0.5, 0.6) is 0 Å².